The Hall–Kier alpha value is -4.60. The topological polar surface area (TPSA) is 112 Å². The number of nitrogens with two attached hydrogens (primary N) is 1. The van der Waals surface area contributed by atoms with Gasteiger partial charge in [0, 0.05) is 24.8 Å². The lowest BCUT2D eigenvalue weighted by Gasteiger charge is -2.18. The number of aromatic nitrogens is 5. The van der Waals surface area contributed by atoms with Crippen molar-refractivity contribution in [2.24, 2.45) is 0 Å². The van der Waals surface area contributed by atoms with Crippen LogP contribution in [0.15, 0.2) is 74.1 Å². The quantitative estimate of drug-likeness (QED) is 0.399. The SMILES string of the molecule is C=CCN(CC=C)C(=O)Oc1cnc(-c2nn(Cc3ccccc3F)c3ncccc23)nc1N. The lowest BCUT2D eigenvalue weighted by atomic mass is 10.2. The highest BCUT2D eigenvalue weighted by atomic mass is 19.1. The lowest BCUT2D eigenvalue weighted by Crippen LogP contribution is -2.34. The highest BCUT2D eigenvalue weighted by Gasteiger charge is 2.20. The van der Waals surface area contributed by atoms with Gasteiger partial charge in [-0.25, -0.2) is 28.8 Å². The molecule has 3 heterocycles. The Labute approximate surface area is 195 Å². The Morgan fingerprint density at radius 2 is 1.91 bits per heavy atom. The van der Waals surface area contributed by atoms with Crippen molar-refractivity contribution in [3.05, 3.63) is 85.5 Å². The minimum Gasteiger partial charge on any atom is -0.405 e. The molecule has 1 aromatic carbocycles. The molecule has 4 rings (SSSR count). The van der Waals surface area contributed by atoms with Crippen molar-refractivity contribution >= 4 is 22.9 Å². The lowest BCUT2D eigenvalue weighted by molar-refractivity contribution is 0.162. The molecule has 0 aliphatic rings. The Morgan fingerprint density at radius 3 is 2.62 bits per heavy atom. The molecule has 2 N–H and O–H groups in total. The Morgan fingerprint density at radius 1 is 1.15 bits per heavy atom. The van der Waals surface area contributed by atoms with Crippen LogP contribution in [-0.4, -0.2) is 48.8 Å². The molecule has 9 nitrogen and oxygen atoms in total. The molecule has 0 radical (unpaired) electrons. The van der Waals surface area contributed by atoms with E-state index in [-0.39, 0.29) is 42.8 Å². The van der Waals surface area contributed by atoms with Crippen LogP contribution in [0.3, 0.4) is 0 Å². The van der Waals surface area contributed by atoms with Crippen LogP contribution in [0.25, 0.3) is 22.6 Å². The van der Waals surface area contributed by atoms with Gasteiger partial charge in [-0.15, -0.1) is 13.2 Å². The maximum absolute atomic E-state index is 14.2. The molecule has 0 spiro atoms. The van der Waals surface area contributed by atoms with Crippen molar-refractivity contribution in [3.63, 3.8) is 0 Å². The second-order valence-electron chi connectivity index (χ2n) is 7.27. The van der Waals surface area contributed by atoms with E-state index in [0.29, 0.717) is 22.3 Å². The third-order valence-corrected chi connectivity index (χ3v) is 4.93. The molecule has 10 heteroatoms. The van der Waals surface area contributed by atoms with Crippen LogP contribution in [-0.2, 0) is 6.54 Å². The largest absolute Gasteiger partial charge is 0.415 e. The number of pyridine rings is 1. The summed E-state index contributed by atoms with van der Waals surface area (Å²) in [5.41, 5.74) is 7.50. The fourth-order valence-electron chi connectivity index (χ4n) is 3.34. The summed E-state index contributed by atoms with van der Waals surface area (Å²) in [6.07, 6.45) is 5.45. The molecule has 172 valence electrons. The van der Waals surface area contributed by atoms with E-state index in [0.717, 1.165) is 0 Å². The van der Waals surface area contributed by atoms with Gasteiger partial charge in [-0.2, -0.15) is 5.10 Å². The van der Waals surface area contributed by atoms with E-state index in [4.69, 9.17) is 10.5 Å². The molecule has 0 bridgehead atoms. The molecule has 0 unspecified atom stereocenters. The van der Waals surface area contributed by atoms with E-state index in [1.165, 1.54) is 17.2 Å². The van der Waals surface area contributed by atoms with Gasteiger partial charge in [0.2, 0.25) is 0 Å². The molecular weight excluding hydrogens is 437 g/mol. The van der Waals surface area contributed by atoms with Crippen LogP contribution < -0.4 is 10.5 Å². The third kappa shape index (κ3) is 4.60. The summed E-state index contributed by atoms with van der Waals surface area (Å²) in [7, 11) is 0. The average Bonchev–Trinajstić information content (AvgIpc) is 3.20. The molecular formula is C24H22FN7O2. The number of hydrogen-bond donors (Lipinski definition) is 1. The minimum atomic E-state index is -0.633. The first-order valence-electron chi connectivity index (χ1n) is 10.4. The standard InChI is InChI=1S/C24H22FN7O2/c1-3-12-31(13-4-2)24(33)34-19-14-28-22(29-21(19)26)20-17-9-7-11-27-23(17)32(30-20)15-16-8-5-6-10-18(16)25/h3-11,14H,1-2,12-13,15H2,(H2,26,28,29). The summed E-state index contributed by atoms with van der Waals surface area (Å²) in [4.78, 5) is 26.8. The summed E-state index contributed by atoms with van der Waals surface area (Å²) in [6.45, 7) is 7.98. The normalized spacial score (nSPS) is 10.7. The summed E-state index contributed by atoms with van der Waals surface area (Å²) < 4.78 is 21.1. The van der Waals surface area contributed by atoms with Crippen molar-refractivity contribution in [1.29, 1.82) is 0 Å². The van der Waals surface area contributed by atoms with Gasteiger partial charge in [-0.1, -0.05) is 30.4 Å². The number of rotatable bonds is 8. The van der Waals surface area contributed by atoms with Crippen molar-refractivity contribution in [2.45, 2.75) is 6.54 Å². The maximum Gasteiger partial charge on any atom is 0.415 e. The number of nitrogen functional groups attached to an aromatic ring is 1. The number of nitrogens with zero attached hydrogens (tertiary/aromatic N) is 6. The summed E-state index contributed by atoms with van der Waals surface area (Å²) in [5.74, 6) is -0.134. The number of halogens is 1. The molecule has 34 heavy (non-hydrogen) atoms. The molecule has 1 amide bonds. The van der Waals surface area contributed by atoms with Crippen molar-refractivity contribution < 1.29 is 13.9 Å². The number of fused-ring (bicyclic) bond motifs is 1. The van der Waals surface area contributed by atoms with E-state index in [9.17, 15) is 9.18 Å². The fraction of sp³-hybridized carbons (Fsp3) is 0.125. The predicted molar refractivity (Wildman–Crippen MR) is 126 cm³/mol. The van der Waals surface area contributed by atoms with Gasteiger partial charge in [0.1, 0.15) is 11.5 Å². The van der Waals surface area contributed by atoms with E-state index in [1.807, 2.05) is 6.07 Å². The highest BCUT2D eigenvalue weighted by Crippen LogP contribution is 2.28. The van der Waals surface area contributed by atoms with E-state index < -0.39 is 6.09 Å². The third-order valence-electron chi connectivity index (χ3n) is 4.93. The van der Waals surface area contributed by atoms with Crippen LogP contribution in [0.5, 0.6) is 5.75 Å². The Kier molecular flexibility index (Phi) is 6.58. The highest BCUT2D eigenvalue weighted by molar-refractivity contribution is 5.89. The van der Waals surface area contributed by atoms with Gasteiger partial charge < -0.3 is 15.4 Å². The summed E-state index contributed by atoms with van der Waals surface area (Å²) in [5, 5.41) is 5.25. The Balaban J connectivity index is 1.65. The number of anilines is 1. The fourth-order valence-corrected chi connectivity index (χ4v) is 3.34. The monoisotopic (exact) mass is 459 g/mol. The molecule has 0 aliphatic heterocycles. The number of carbonyl (C=O) groups excluding carboxylic acids is 1. The van der Waals surface area contributed by atoms with Crippen molar-refractivity contribution in [3.8, 4) is 17.3 Å². The summed E-state index contributed by atoms with van der Waals surface area (Å²) in [6, 6.07) is 10.0. The first kappa shape index (κ1) is 22.6. The second kappa shape index (κ2) is 9.90. The number of carbonyl (C=O) groups is 1. The predicted octanol–water partition coefficient (Wildman–Crippen LogP) is 3.83. The number of ether oxygens (including phenoxy) is 1. The van der Waals surface area contributed by atoms with E-state index in [1.54, 1.807) is 47.3 Å². The molecule has 4 aromatic rings. The number of amides is 1. The van der Waals surface area contributed by atoms with Crippen molar-refractivity contribution in [1.82, 2.24) is 29.6 Å². The number of hydrogen-bond acceptors (Lipinski definition) is 7. The van der Waals surface area contributed by atoms with Gasteiger partial charge in [-0.05, 0) is 18.2 Å². The second-order valence-corrected chi connectivity index (χ2v) is 7.27. The van der Waals surface area contributed by atoms with Gasteiger partial charge in [-0.3, -0.25) is 0 Å². The summed E-state index contributed by atoms with van der Waals surface area (Å²) >= 11 is 0. The van der Waals surface area contributed by atoms with Gasteiger partial charge >= 0.3 is 6.09 Å². The van der Waals surface area contributed by atoms with Crippen LogP contribution in [0.2, 0.25) is 0 Å². The first-order valence-corrected chi connectivity index (χ1v) is 10.4. The van der Waals surface area contributed by atoms with Crippen LogP contribution in [0.4, 0.5) is 15.0 Å². The van der Waals surface area contributed by atoms with Crippen LogP contribution >= 0.6 is 0 Å². The zero-order valence-electron chi connectivity index (χ0n) is 18.3. The van der Waals surface area contributed by atoms with Crippen LogP contribution in [0.1, 0.15) is 5.56 Å². The zero-order valence-corrected chi connectivity index (χ0v) is 18.3. The average molecular weight is 459 g/mol. The van der Waals surface area contributed by atoms with E-state index in [2.05, 4.69) is 33.2 Å². The van der Waals surface area contributed by atoms with Crippen molar-refractivity contribution in [2.75, 3.05) is 18.8 Å². The number of benzene rings is 1. The molecule has 0 saturated carbocycles. The van der Waals surface area contributed by atoms with Gasteiger partial charge in [0.15, 0.2) is 23.0 Å². The van der Waals surface area contributed by atoms with Gasteiger partial charge in [0.25, 0.3) is 0 Å². The maximum atomic E-state index is 14.2. The van der Waals surface area contributed by atoms with E-state index >= 15 is 0 Å². The Bertz CT molecular complexity index is 1360. The van der Waals surface area contributed by atoms with Crippen LogP contribution in [0, 0.1) is 5.82 Å². The minimum absolute atomic E-state index is 0.0140. The first-order chi connectivity index (χ1) is 16.5. The molecule has 0 atom stereocenters. The molecule has 3 aromatic heterocycles. The van der Waals surface area contributed by atoms with Gasteiger partial charge in [0.05, 0.1) is 18.1 Å². The zero-order chi connectivity index (χ0) is 24.1. The molecule has 0 saturated heterocycles. The molecule has 0 aliphatic carbocycles. The molecule has 0 fully saturated rings. The smallest absolute Gasteiger partial charge is 0.405 e.